The van der Waals surface area contributed by atoms with Crippen LogP contribution in [0.15, 0.2) is 0 Å². The van der Waals surface area contributed by atoms with E-state index < -0.39 is 66.0 Å². The van der Waals surface area contributed by atoms with Crippen molar-refractivity contribution in [3.05, 3.63) is 0 Å². The number of thioether (sulfide) groups is 1. The molecule has 164 valence electrons. The number of hydrogen-bond acceptors (Lipinski definition) is 8. The minimum absolute atomic E-state index is 0.00702. The van der Waals surface area contributed by atoms with Crippen molar-refractivity contribution in [1.82, 2.24) is 10.6 Å². The molecule has 0 aliphatic carbocycles. The summed E-state index contributed by atoms with van der Waals surface area (Å²) in [6.07, 6.45) is -0.782. The molecule has 0 heterocycles. The van der Waals surface area contributed by atoms with E-state index in [1.54, 1.807) is 0 Å². The SMILES string of the molecule is NC(CCCC(=O)NC(CSC(CC(=O)O)C(=O)O)C(=O)NCC(=O)O)C(=O)O. The average Bonchev–Trinajstić information content (AvgIpc) is 2.60. The van der Waals surface area contributed by atoms with Gasteiger partial charge in [-0.15, -0.1) is 11.8 Å². The third-order valence-corrected chi connectivity index (χ3v) is 4.70. The summed E-state index contributed by atoms with van der Waals surface area (Å²) in [5.41, 5.74) is 5.31. The van der Waals surface area contributed by atoms with Gasteiger partial charge < -0.3 is 36.8 Å². The van der Waals surface area contributed by atoms with Gasteiger partial charge in [-0.3, -0.25) is 28.8 Å². The number of carboxylic acid groups (broad SMARTS) is 4. The van der Waals surface area contributed by atoms with Crippen LogP contribution < -0.4 is 16.4 Å². The normalized spacial score (nSPS) is 13.6. The zero-order valence-electron chi connectivity index (χ0n) is 15.2. The van der Waals surface area contributed by atoms with E-state index in [0.29, 0.717) is 11.8 Å². The van der Waals surface area contributed by atoms with Crippen molar-refractivity contribution in [2.24, 2.45) is 5.73 Å². The minimum Gasteiger partial charge on any atom is -0.481 e. The number of hydrogen-bond donors (Lipinski definition) is 7. The Balaban J connectivity index is 4.90. The number of carboxylic acids is 4. The second-order valence-corrected chi connectivity index (χ2v) is 7.06. The summed E-state index contributed by atoms with van der Waals surface area (Å²) in [6.45, 7) is -0.735. The van der Waals surface area contributed by atoms with Crippen molar-refractivity contribution in [3.8, 4) is 0 Å². The molecule has 2 amide bonds. The highest BCUT2D eigenvalue weighted by Crippen LogP contribution is 2.17. The number of carbonyl (C=O) groups is 6. The first kappa shape index (κ1) is 26.1. The topological polar surface area (TPSA) is 233 Å². The molecule has 0 aliphatic heterocycles. The molecule has 0 saturated carbocycles. The van der Waals surface area contributed by atoms with Crippen LogP contribution in [0.3, 0.4) is 0 Å². The second kappa shape index (κ2) is 13.3. The highest BCUT2D eigenvalue weighted by molar-refractivity contribution is 8.00. The number of carbonyl (C=O) groups excluding carboxylic acids is 2. The summed E-state index contributed by atoms with van der Waals surface area (Å²) in [5.74, 6) is -7.24. The van der Waals surface area contributed by atoms with E-state index in [-0.39, 0.29) is 25.0 Å². The van der Waals surface area contributed by atoms with Gasteiger partial charge in [0.2, 0.25) is 11.8 Å². The van der Waals surface area contributed by atoms with Gasteiger partial charge in [-0.2, -0.15) is 0 Å². The molecule has 0 radical (unpaired) electrons. The fourth-order valence-corrected chi connectivity index (χ4v) is 2.99. The minimum atomic E-state index is -1.42. The zero-order valence-corrected chi connectivity index (χ0v) is 16.0. The molecule has 8 N–H and O–H groups in total. The molecule has 0 aromatic heterocycles. The predicted molar refractivity (Wildman–Crippen MR) is 98.2 cm³/mol. The first-order valence-corrected chi connectivity index (χ1v) is 9.32. The van der Waals surface area contributed by atoms with Crippen molar-refractivity contribution in [3.63, 3.8) is 0 Å². The molecule has 0 fully saturated rings. The zero-order chi connectivity index (χ0) is 22.6. The standard InChI is InChI=1S/C15H23N3O10S/c16-7(14(25)26)2-1-3-10(19)18-8(13(24)17-5-12(22)23)6-29-9(15(27)28)4-11(20)21/h7-9H,1-6,16H2,(H,17,24)(H,18,19)(H,20,21)(H,22,23)(H,25,26)(H,27,28). The van der Waals surface area contributed by atoms with Crippen molar-refractivity contribution in [1.29, 1.82) is 0 Å². The van der Waals surface area contributed by atoms with Gasteiger partial charge in [-0.05, 0) is 12.8 Å². The molecule has 14 heteroatoms. The maximum Gasteiger partial charge on any atom is 0.322 e. The Kier molecular flexibility index (Phi) is 12.0. The van der Waals surface area contributed by atoms with E-state index in [1.165, 1.54) is 0 Å². The number of rotatable bonds is 15. The second-order valence-electron chi connectivity index (χ2n) is 5.83. The van der Waals surface area contributed by atoms with Crippen molar-refractivity contribution in [2.45, 2.75) is 43.0 Å². The summed E-state index contributed by atoms with van der Waals surface area (Å²) in [4.78, 5) is 67.1. The van der Waals surface area contributed by atoms with Crippen LogP contribution in [0, 0.1) is 0 Å². The lowest BCUT2D eigenvalue weighted by molar-refractivity contribution is -0.142. The lowest BCUT2D eigenvalue weighted by Crippen LogP contribution is -2.49. The van der Waals surface area contributed by atoms with E-state index >= 15 is 0 Å². The Morgan fingerprint density at radius 1 is 0.931 bits per heavy atom. The maximum absolute atomic E-state index is 12.1. The Bertz CT molecular complexity index is 642. The number of nitrogens with one attached hydrogen (secondary N) is 2. The van der Waals surface area contributed by atoms with Gasteiger partial charge in [0.25, 0.3) is 0 Å². The lowest BCUT2D eigenvalue weighted by Gasteiger charge is -2.19. The average molecular weight is 437 g/mol. The van der Waals surface area contributed by atoms with Crippen LogP contribution in [0.5, 0.6) is 0 Å². The number of amides is 2. The summed E-state index contributed by atoms with van der Waals surface area (Å²) < 4.78 is 0. The van der Waals surface area contributed by atoms with Crippen LogP contribution in [0.1, 0.15) is 25.7 Å². The molecule has 0 aliphatic rings. The number of aliphatic carboxylic acids is 4. The van der Waals surface area contributed by atoms with Gasteiger partial charge in [-0.25, -0.2) is 0 Å². The van der Waals surface area contributed by atoms with E-state index in [2.05, 4.69) is 5.32 Å². The molecular formula is C15H23N3O10S. The fraction of sp³-hybridized carbons (Fsp3) is 0.600. The first-order valence-electron chi connectivity index (χ1n) is 8.27. The monoisotopic (exact) mass is 437 g/mol. The van der Waals surface area contributed by atoms with Crippen LogP contribution in [-0.2, 0) is 28.8 Å². The lowest BCUT2D eigenvalue weighted by atomic mass is 10.1. The molecule has 3 atom stereocenters. The fourth-order valence-electron chi connectivity index (χ4n) is 1.93. The molecule has 13 nitrogen and oxygen atoms in total. The Hall–Kier alpha value is -2.87. The molecule has 29 heavy (non-hydrogen) atoms. The molecule has 0 spiro atoms. The van der Waals surface area contributed by atoms with Crippen LogP contribution in [0.2, 0.25) is 0 Å². The van der Waals surface area contributed by atoms with Gasteiger partial charge >= 0.3 is 23.9 Å². The van der Waals surface area contributed by atoms with Crippen LogP contribution in [0.25, 0.3) is 0 Å². The van der Waals surface area contributed by atoms with Gasteiger partial charge in [0.1, 0.15) is 23.9 Å². The van der Waals surface area contributed by atoms with Gasteiger partial charge in [0.05, 0.1) is 6.42 Å². The summed E-state index contributed by atoms with van der Waals surface area (Å²) in [6, 6.07) is -2.48. The smallest absolute Gasteiger partial charge is 0.322 e. The molecule has 3 unspecified atom stereocenters. The Morgan fingerprint density at radius 3 is 2.03 bits per heavy atom. The predicted octanol–water partition coefficient (Wildman–Crippen LogP) is -2.08. The van der Waals surface area contributed by atoms with Crippen LogP contribution >= 0.6 is 11.8 Å². The highest BCUT2D eigenvalue weighted by atomic mass is 32.2. The van der Waals surface area contributed by atoms with Gasteiger partial charge in [0.15, 0.2) is 0 Å². The van der Waals surface area contributed by atoms with E-state index in [0.717, 1.165) is 0 Å². The maximum atomic E-state index is 12.1. The van der Waals surface area contributed by atoms with E-state index in [9.17, 15) is 28.8 Å². The Morgan fingerprint density at radius 2 is 1.55 bits per heavy atom. The van der Waals surface area contributed by atoms with Gasteiger partial charge in [-0.1, -0.05) is 0 Å². The van der Waals surface area contributed by atoms with E-state index in [4.69, 9.17) is 26.2 Å². The Labute approximate surface area is 169 Å². The van der Waals surface area contributed by atoms with E-state index in [1.807, 2.05) is 5.32 Å². The molecule has 0 rings (SSSR count). The van der Waals surface area contributed by atoms with Gasteiger partial charge in [0, 0.05) is 12.2 Å². The first-order chi connectivity index (χ1) is 13.4. The molecule has 0 aromatic carbocycles. The highest BCUT2D eigenvalue weighted by Gasteiger charge is 2.27. The molecular weight excluding hydrogens is 414 g/mol. The number of nitrogens with two attached hydrogens (primary N) is 1. The van der Waals surface area contributed by atoms with Crippen molar-refractivity contribution in [2.75, 3.05) is 12.3 Å². The third kappa shape index (κ3) is 12.2. The molecule has 0 bridgehead atoms. The third-order valence-electron chi connectivity index (χ3n) is 3.40. The van der Waals surface area contributed by atoms with Crippen molar-refractivity contribution < 1.29 is 49.2 Å². The molecule has 0 saturated heterocycles. The summed E-state index contributed by atoms with van der Waals surface area (Å²) in [5, 5.41) is 38.0. The summed E-state index contributed by atoms with van der Waals surface area (Å²) >= 11 is 0.602. The van der Waals surface area contributed by atoms with Crippen LogP contribution in [-0.4, -0.2) is 85.7 Å². The van der Waals surface area contributed by atoms with Crippen molar-refractivity contribution >= 4 is 47.5 Å². The summed E-state index contributed by atoms with van der Waals surface area (Å²) in [7, 11) is 0. The largest absolute Gasteiger partial charge is 0.481 e. The quantitative estimate of drug-likeness (QED) is 0.146. The van der Waals surface area contributed by atoms with Crippen LogP contribution in [0.4, 0.5) is 0 Å². The molecule has 0 aromatic rings.